The second-order valence-electron chi connectivity index (χ2n) is 4.50. The van der Waals surface area contributed by atoms with Gasteiger partial charge < -0.3 is 5.32 Å². The average Bonchev–Trinajstić information content (AvgIpc) is 2.84. The molecule has 0 atom stereocenters. The topological polar surface area (TPSA) is 55.1 Å². The van der Waals surface area contributed by atoms with E-state index in [1.54, 1.807) is 6.07 Å². The number of nitrogens with one attached hydrogen (secondary N) is 1. The van der Waals surface area contributed by atoms with E-state index < -0.39 is 12.0 Å². The minimum atomic E-state index is -4.60. The molecule has 0 fully saturated rings. The summed E-state index contributed by atoms with van der Waals surface area (Å²) in [7, 11) is 0. The molecule has 0 aliphatic rings. The van der Waals surface area contributed by atoms with Gasteiger partial charge in [0, 0.05) is 5.69 Å². The Morgan fingerprint density at radius 2 is 1.71 bits per heavy atom. The zero-order valence-electron chi connectivity index (χ0n) is 10.9. The Labute approximate surface area is 117 Å². The summed E-state index contributed by atoms with van der Waals surface area (Å²) in [6.07, 6.45) is -4.60. The average molecular weight is 293 g/mol. The molecule has 1 aromatic carbocycles. The predicted molar refractivity (Wildman–Crippen MR) is 70.2 cm³/mol. The first-order valence-corrected chi connectivity index (χ1v) is 6.07. The summed E-state index contributed by atoms with van der Waals surface area (Å²) in [6.45, 7) is 1.95. The highest BCUT2D eigenvalue weighted by molar-refractivity contribution is 5.57. The van der Waals surface area contributed by atoms with E-state index in [1.165, 1.54) is 6.07 Å². The van der Waals surface area contributed by atoms with Crippen LogP contribution >= 0.6 is 0 Å². The van der Waals surface area contributed by atoms with Crippen LogP contribution in [0.15, 0.2) is 36.4 Å². The molecule has 5 nitrogen and oxygen atoms in total. The van der Waals surface area contributed by atoms with Crippen molar-refractivity contribution in [3.05, 3.63) is 47.8 Å². The molecule has 8 heteroatoms. The SMILES string of the molecule is Cc1ccc(Nc2ccc3nnc(C(F)(F)F)n3n2)cc1. The van der Waals surface area contributed by atoms with Crippen molar-refractivity contribution in [2.24, 2.45) is 0 Å². The molecule has 108 valence electrons. The lowest BCUT2D eigenvalue weighted by Gasteiger charge is -2.07. The van der Waals surface area contributed by atoms with Gasteiger partial charge in [0.25, 0.3) is 5.82 Å². The number of nitrogens with zero attached hydrogens (tertiary/aromatic N) is 4. The maximum Gasteiger partial charge on any atom is 0.453 e. The molecule has 0 saturated carbocycles. The summed E-state index contributed by atoms with van der Waals surface area (Å²) in [4.78, 5) is 0. The van der Waals surface area contributed by atoms with E-state index in [0.29, 0.717) is 4.52 Å². The molecule has 2 heterocycles. The van der Waals surface area contributed by atoms with Crippen molar-refractivity contribution in [2.75, 3.05) is 5.32 Å². The third-order valence-electron chi connectivity index (χ3n) is 2.84. The predicted octanol–water partition coefficient (Wildman–Crippen LogP) is 3.20. The first-order chi connectivity index (χ1) is 9.93. The van der Waals surface area contributed by atoms with Crippen LogP contribution in [-0.2, 0) is 6.18 Å². The number of aromatic nitrogens is 4. The minimum Gasteiger partial charge on any atom is -0.339 e. The Hall–Kier alpha value is -2.64. The zero-order chi connectivity index (χ0) is 15.0. The van der Waals surface area contributed by atoms with Gasteiger partial charge in [0.1, 0.15) is 0 Å². The van der Waals surface area contributed by atoms with Crippen LogP contribution < -0.4 is 5.32 Å². The lowest BCUT2D eigenvalue weighted by molar-refractivity contribution is -0.146. The molecule has 0 spiro atoms. The van der Waals surface area contributed by atoms with Gasteiger partial charge in [-0.15, -0.1) is 15.3 Å². The number of alkyl halides is 3. The molecule has 0 saturated heterocycles. The van der Waals surface area contributed by atoms with E-state index in [-0.39, 0.29) is 11.5 Å². The molecule has 0 aliphatic heterocycles. The van der Waals surface area contributed by atoms with Crippen molar-refractivity contribution < 1.29 is 13.2 Å². The zero-order valence-corrected chi connectivity index (χ0v) is 10.9. The number of halogens is 3. The van der Waals surface area contributed by atoms with Crippen LogP contribution in [0.4, 0.5) is 24.7 Å². The standard InChI is InChI=1S/C13H10F3N5/c1-8-2-4-9(5-3-8)17-10-6-7-11-18-19-12(13(14,15)16)21(11)20-10/h2-7H,1H3,(H,17,20). The van der Waals surface area contributed by atoms with Gasteiger partial charge in [0.05, 0.1) is 0 Å². The van der Waals surface area contributed by atoms with Gasteiger partial charge in [-0.25, -0.2) is 0 Å². The van der Waals surface area contributed by atoms with Crippen LogP contribution in [0.5, 0.6) is 0 Å². The highest BCUT2D eigenvalue weighted by Crippen LogP contribution is 2.27. The maximum atomic E-state index is 12.8. The molecule has 0 amide bonds. The first kappa shape index (κ1) is 13.3. The molecule has 2 aromatic heterocycles. The van der Waals surface area contributed by atoms with Gasteiger partial charge in [-0.05, 0) is 31.2 Å². The number of fused-ring (bicyclic) bond motifs is 1. The third kappa shape index (κ3) is 2.64. The maximum absolute atomic E-state index is 12.8. The lowest BCUT2D eigenvalue weighted by Crippen LogP contribution is -2.13. The van der Waals surface area contributed by atoms with Crippen LogP contribution in [0.2, 0.25) is 0 Å². The molecule has 3 rings (SSSR count). The van der Waals surface area contributed by atoms with Crippen molar-refractivity contribution in [2.45, 2.75) is 13.1 Å². The Kier molecular flexibility index (Phi) is 3.00. The van der Waals surface area contributed by atoms with Crippen molar-refractivity contribution in [1.29, 1.82) is 0 Å². The molecular weight excluding hydrogens is 283 g/mol. The van der Waals surface area contributed by atoms with Crippen LogP contribution in [0.3, 0.4) is 0 Å². The van der Waals surface area contributed by atoms with Crippen molar-refractivity contribution in [3.63, 3.8) is 0 Å². The molecular formula is C13H10F3N5. The van der Waals surface area contributed by atoms with Crippen LogP contribution in [0.1, 0.15) is 11.4 Å². The second kappa shape index (κ2) is 4.72. The second-order valence-corrected chi connectivity index (χ2v) is 4.50. The molecule has 21 heavy (non-hydrogen) atoms. The lowest BCUT2D eigenvalue weighted by atomic mass is 10.2. The van der Waals surface area contributed by atoms with Crippen LogP contribution in [0.25, 0.3) is 5.65 Å². The molecule has 0 radical (unpaired) electrons. The van der Waals surface area contributed by atoms with E-state index in [0.717, 1.165) is 11.3 Å². The van der Waals surface area contributed by atoms with E-state index in [9.17, 15) is 13.2 Å². The molecule has 1 N–H and O–H groups in total. The van der Waals surface area contributed by atoms with E-state index in [1.807, 2.05) is 31.2 Å². The number of hydrogen-bond donors (Lipinski definition) is 1. The summed E-state index contributed by atoms with van der Waals surface area (Å²) < 4.78 is 39.0. The van der Waals surface area contributed by atoms with Crippen LogP contribution in [-0.4, -0.2) is 19.8 Å². The van der Waals surface area contributed by atoms with Gasteiger partial charge in [-0.2, -0.15) is 17.7 Å². The quantitative estimate of drug-likeness (QED) is 0.788. The van der Waals surface area contributed by atoms with Crippen molar-refractivity contribution >= 4 is 17.2 Å². The van der Waals surface area contributed by atoms with E-state index in [2.05, 4.69) is 20.6 Å². The number of aryl methyl sites for hydroxylation is 1. The number of hydrogen-bond acceptors (Lipinski definition) is 4. The summed E-state index contributed by atoms with van der Waals surface area (Å²) in [5, 5.41) is 13.4. The van der Waals surface area contributed by atoms with Gasteiger partial charge in [0.2, 0.25) is 0 Å². The van der Waals surface area contributed by atoms with Crippen LogP contribution in [0, 0.1) is 6.92 Å². The third-order valence-corrected chi connectivity index (χ3v) is 2.84. The normalized spacial score (nSPS) is 11.8. The Balaban J connectivity index is 1.98. The largest absolute Gasteiger partial charge is 0.453 e. The highest BCUT2D eigenvalue weighted by atomic mass is 19.4. The fourth-order valence-electron chi connectivity index (χ4n) is 1.82. The van der Waals surface area contributed by atoms with E-state index >= 15 is 0 Å². The van der Waals surface area contributed by atoms with Gasteiger partial charge in [-0.3, -0.25) is 0 Å². The summed E-state index contributed by atoms with van der Waals surface area (Å²) in [5.74, 6) is -0.873. The molecule has 0 unspecified atom stereocenters. The van der Waals surface area contributed by atoms with Gasteiger partial charge in [0.15, 0.2) is 11.5 Å². The molecule has 0 bridgehead atoms. The summed E-state index contributed by atoms with van der Waals surface area (Å²) in [6, 6.07) is 10.4. The molecule has 3 aromatic rings. The fourth-order valence-corrected chi connectivity index (χ4v) is 1.82. The minimum absolute atomic E-state index is 0.0387. The van der Waals surface area contributed by atoms with Gasteiger partial charge in [-0.1, -0.05) is 17.7 Å². The first-order valence-electron chi connectivity index (χ1n) is 6.07. The summed E-state index contributed by atoms with van der Waals surface area (Å²) in [5.41, 5.74) is 1.85. The molecule has 0 aliphatic carbocycles. The highest BCUT2D eigenvalue weighted by Gasteiger charge is 2.37. The van der Waals surface area contributed by atoms with Crippen molar-refractivity contribution in [3.8, 4) is 0 Å². The van der Waals surface area contributed by atoms with Crippen molar-refractivity contribution in [1.82, 2.24) is 19.8 Å². The van der Waals surface area contributed by atoms with E-state index in [4.69, 9.17) is 0 Å². The fraction of sp³-hybridized carbons (Fsp3) is 0.154. The number of benzene rings is 1. The Morgan fingerprint density at radius 3 is 2.38 bits per heavy atom. The van der Waals surface area contributed by atoms with Gasteiger partial charge >= 0.3 is 6.18 Å². The smallest absolute Gasteiger partial charge is 0.339 e. The number of anilines is 2. The Morgan fingerprint density at radius 1 is 1.00 bits per heavy atom. The Bertz CT molecular complexity index is 777. The number of rotatable bonds is 2. The summed E-state index contributed by atoms with van der Waals surface area (Å²) >= 11 is 0. The monoisotopic (exact) mass is 293 g/mol.